The second-order valence-corrected chi connectivity index (χ2v) is 5.19. The highest BCUT2D eigenvalue weighted by molar-refractivity contribution is 5.45. The van der Waals surface area contributed by atoms with E-state index in [1.54, 1.807) is 12.3 Å². The molecule has 0 saturated carbocycles. The van der Waals surface area contributed by atoms with Gasteiger partial charge in [-0.05, 0) is 23.5 Å². The molecule has 1 aromatic heterocycles. The summed E-state index contributed by atoms with van der Waals surface area (Å²) in [6.45, 7) is 9.81. The van der Waals surface area contributed by atoms with Gasteiger partial charge >= 0.3 is 0 Å². The van der Waals surface area contributed by atoms with Crippen molar-refractivity contribution in [2.24, 2.45) is 11.3 Å². The average Bonchev–Trinajstić information content (AvgIpc) is 2.25. The molecule has 0 radical (unpaired) electrons. The van der Waals surface area contributed by atoms with Crippen molar-refractivity contribution in [2.75, 3.05) is 11.9 Å². The maximum atomic E-state index is 8.73. The smallest absolute Gasteiger partial charge is 0.142 e. The summed E-state index contributed by atoms with van der Waals surface area (Å²) in [7, 11) is 0. The SMILES string of the molecule is CC(CNc1ccnc(C#N)c1)C(C)(C)C. The average molecular weight is 217 g/mol. The molecule has 0 saturated heterocycles. The Morgan fingerprint density at radius 1 is 1.50 bits per heavy atom. The van der Waals surface area contributed by atoms with Gasteiger partial charge in [-0.25, -0.2) is 4.98 Å². The lowest BCUT2D eigenvalue weighted by molar-refractivity contribution is 0.274. The van der Waals surface area contributed by atoms with Gasteiger partial charge in [0.1, 0.15) is 11.8 Å². The highest BCUT2D eigenvalue weighted by Crippen LogP contribution is 2.25. The molecular weight excluding hydrogens is 198 g/mol. The van der Waals surface area contributed by atoms with Gasteiger partial charge in [0.15, 0.2) is 0 Å². The minimum Gasteiger partial charge on any atom is -0.385 e. The maximum Gasteiger partial charge on any atom is 0.142 e. The molecular formula is C13H19N3. The van der Waals surface area contributed by atoms with E-state index in [1.165, 1.54) is 0 Å². The van der Waals surface area contributed by atoms with Crippen molar-refractivity contribution >= 4 is 5.69 Å². The molecule has 0 spiro atoms. The largest absolute Gasteiger partial charge is 0.385 e. The Kier molecular flexibility index (Phi) is 3.89. The lowest BCUT2D eigenvalue weighted by Crippen LogP contribution is -2.24. The number of pyridine rings is 1. The topological polar surface area (TPSA) is 48.7 Å². The lowest BCUT2D eigenvalue weighted by Gasteiger charge is -2.27. The summed E-state index contributed by atoms with van der Waals surface area (Å²) >= 11 is 0. The Balaban J connectivity index is 2.59. The molecule has 0 aromatic carbocycles. The first-order valence-corrected chi connectivity index (χ1v) is 5.53. The summed E-state index contributed by atoms with van der Waals surface area (Å²) in [6.07, 6.45) is 1.66. The van der Waals surface area contributed by atoms with E-state index in [9.17, 15) is 0 Å². The van der Waals surface area contributed by atoms with Gasteiger partial charge in [-0.15, -0.1) is 0 Å². The molecule has 0 bridgehead atoms. The van der Waals surface area contributed by atoms with Crippen molar-refractivity contribution in [3.8, 4) is 6.07 Å². The first-order valence-electron chi connectivity index (χ1n) is 5.53. The zero-order valence-electron chi connectivity index (χ0n) is 10.4. The van der Waals surface area contributed by atoms with E-state index in [2.05, 4.69) is 38.0 Å². The number of nitrogens with zero attached hydrogens (tertiary/aromatic N) is 2. The fourth-order valence-electron chi connectivity index (χ4n) is 1.18. The standard InChI is InChI=1S/C13H19N3/c1-10(13(2,3)4)9-16-11-5-6-15-12(7-11)8-14/h5-7,10H,9H2,1-4H3,(H,15,16). The van der Waals surface area contributed by atoms with E-state index in [-0.39, 0.29) is 5.41 Å². The summed E-state index contributed by atoms with van der Waals surface area (Å²) < 4.78 is 0. The maximum absolute atomic E-state index is 8.73. The van der Waals surface area contributed by atoms with Gasteiger partial charge in [-0.3, -0.25) is 0 Å². The van der Waals surface area contributed by atoms with Crippen LogP contribution in [0.2, 0.25) is 0 Å². The predicted molar refractivity (Wildman–Crippen MR) is 66.1 cm³/mol. The van der Waals surface area contributed by atoms with Crippen LogP contribution in [0, 0.1) is 22.7 Å². The van der Waals surface area contributed by atoms with E-state index in [4.69, 9.17) is 5.26 Å². The molecule has 3 heteroatoms. The Labute approximate surface area is 97.5 Å². The van der Waals surface area contributed by atoms with Crippen molar-refractivity contribution < 1.29 is 0 Å². The third-order valence-electron chi connectivity index (χ3n) is 2.97. The van der Waals surface area contributed by atoms with Crippen LogP contribution in [0.4, 0.5) is 5.69 Å². The van der Waals surface area contributed by atoms with Crippen LogP contribution in [-0.2, 0) is 0 Å². The van der Waals surface area contributed by atoms with E-state index < -0.39 is 0 Å². The summed E-state index contributed by atoms with van der Waals surface area (Å²) in [5.41, 5.74) is 1.70. The number of anilines is 1. The first kappa shape index (κ1) is 12.5. The van der Waals surface area contributed by atoms with Crippen LogP contribution < -0.4 is 5.32 Å². The van der Waals surface area contributed by atoms with Crippen LogP contribution in [0.15, 0.2) is 18.3 Å². The molecule has 0 aliphatic carbocycles. The van der Waals surface area contributed by atoms with E-state index in [0.717, 1.165) is 12.2 Å². The molecule has 1 atom stereocenters. The van der Waals surface area contributed by atoms with Gasteiger partial charge in [0, 0.05) is 18.4 Å². The zero-order valence-corrected chi connectivity index (χ0v) is 10.4. The number of hydrogen-bond donors (Lipinski definition) is 1. The Morgan fingerprint density at radius 2 is 2.19 bits per heavy atom. The van der Waals surface area contributed by atoms with Gasteiger partial charge < -0.3 is 5.32 Å². The number of rotatable bonds is 3. The molecule has 1 aromatic rings. The number of nitrogens with one attached hydrogen (secondary N) is 1. The van der Waals surface area contributed by atoms with Crippen molar-refractivity contribution in [1.29, 1.82) is 5.26 Å². The summed E-state index contributed by atoms with van der Waals surface area (Å²) in [4.78, 5) is 3.93. The normalized spacial score (nSPS) is 12.9. The molecule has 0 fully saturated rings. The molecule has 1 rings (SSSR count). The summed E-state index contributed by atoms with van der Waals surface area (Å²) in [6, 6.07) is 5.69. The van der Waals surface area contributed by atoms with Crippen LogP contribution in [0.3, 0.4) is 0 Å². The highest BCUT2D eigenvalue weighted by Gasteiger charge is 2.19. The summed E-state index contributed by atoms with van der Waals surface area (Å²) in [5.74, 6) is 0.561. The summed E-state index contributed by atoms with van der Waals surface area (Å²) in [5, 5.41) is 12.1. The highest BCUT2D eigenvalue weighted by atomic mass is 14.9. The molecule has 0 aliphatic rings. The molecule has 1 heterocycles. The number of nitriles is 1. The van der Waals surface area contributed by atoms with Crippen molar-refractivity contribution in [3.63, 3.8) is 0 Å². The van der Waals surface area contributed by atoms with E-state index >= 15 is 0 Å². The Hall–Kier alpha value is -1.56. The van der Waals surface area contributed by atoms with Gasteiger partial charge in [-0.1, -0.05) is 27.7 Å². The molecule has 86 valence electrons. The van der Waals surface area contributed by atoms with Crippen LogP contribution in [0.1, 0.15) is 33.4 Å². The number of hydrogen-bond acceptors (Lipinski definition) is 3. The van der Waals surface area contributed by atoms with Crippen LogP contribution >= 0.6 is 0 Å². The van der Waals surface area contributed by atoms with Gasteiger partial charge in [0.2, 0.25) is 0 Å². The third kappa shape index (κ3) is 3.54. The second kappa shape index (κ2) is 4.98. The zero-order chi connectivity index (χ0) is 12.2. The third-order valence-corrected chi connectivity index (χ3v) is 2.97. The van der Waals surface area contributed by atoms with Crippen LogP contribution in [0.25, 0.3) is 0 Å². The first-order chi connectivity index (χ1) is 7.43. The fourth-order valence-corrected chi connectivity index (χ4v) is 1.18. The molecule has 1 N–H and O–H groups in total. The minimum atomic E-state index is 0.290. The second-order valence-electron chi connectivity index (χ2n) is 5.19. The molecule has 1 unspecified atom stereocenters. The van der Waals surface area contributed by atoms with Crippen LogP contribution in [-0.4, -0.2) is 11.5 Å². The van der Waals surface area contributed by atoms with E-state index in [0.29, 0.717) is 11.6 Å². The van der Waals surface area contributed by atoms with Crippen molar-refractivity contribution in [3.05, 3.63) is 24.0 Å². The Bertz CT molecular complexity index is 385. The van der Waals surface area contributed by atoms with Gasteiger partial charge in [0.25, 0.3) is 0 Å². The minimum absolute atomic E-state index is 0.290. The quantitative estimate of drug-likeness (QED) is 0.846. The van der Waals surface area contributed by atoms with Gasteiger partial charge in [-0.2, -0.15) is 5.26 Å². The molecule has 3 nitrogen and oxygen atoms in total. The fraction of sp³-hybridized carbons (Fsp3) is 0.538. The van der Waals surface area contributed by atoms with E-state index in [1.807, 2.05) is 12.1 Å². The monoisotopic (exact) mass is 217 g/mol. The molecule has 16 heavy (non-hydrogen) atoms. The van der Waals surface area contributed by atoms with Crippen molar-refractivity contribution in [1.82, 2.24) is 4.98 Å². The lowest BCUT2D eigenvalue weighted by atomic mass is 9.82. The van der Waals surface area contributed by atoms with Gasteiger partial charge in [0.05, 0.1) is 0 Å². The Morgan fingerprint density at radius 3 is 2.75 bits per heavy atom. The van der Waals surface area contributed by atoms with Crippen molar-refractivity contribution in [2.45, 2.75) is 27.7 Å². The predicted octanol–water partition coefficient (Wildman–Crippen LogP) is 3.05. The number of aromatic nitrogens is 1. The molecule has 0 amide bonds. The van der Waals surface area contributed by atoms with Crippen LogP contribution in [0.5, 0.6) is 0 Å². The molecule has 0 aliphatic heterocycles.